The van der Waals surface area contributed by atoms with Crippen LogP contribution < -0.4 is 5.32 Å². The van der Waals surface area contributed by atoms with E-state index in [2.05, 4.69) is 44.8 Å². The third kappa shape index (κ3) is 4.59. The molecule has 0 bridgehead atoms. The number of nitrogens with zero attached hydrogens (tertiary/aromatic N) is 1. The van der Waals surface area contributed by atoms with Crippen LogP contribution in [0.4, 0.5) is 0 Å². The molecular formula is C15H32N2. The van der Waals surface area contributed by atoms with Crippen molar-refractivity contribution in [1.29, 1.82) is 0 Å². The van der Waals surface area contributed by atoms with Gasteiger partial charge in [0.15, 0.2) is 0 Å². The fourth-order valence-electron chi connectivity index (χ4n) is 2.88. The average Bonchev–Trinajstić information content (AvgIpc) is 2.32. The van der Waals surface area contributed by atoms with Crippen molar-refractivity contribution in [3.63, 3.8) is 0 Å². The standard InChI is InChI=1S/C15H32N2/c1-6-13(4)15(16-7-2)11-17-10-12(3)8-9-14(17)5/h12-16H,6-11H2,1-5H3. The summed E-state index contributed by atoms with van der Waals surface area (Å²) in [5.74, 6) is 1.66. The van der Waals surface area contributed by atoms with Crippen molar-refractivity contribution in [3.8, 4) is 0 Å². The number of piperidine rings is 1. The van der Waals surface area contributed by atoms with Crippen LogP contribution in [0, 0.1) is 11.8 Å². The van der Waals surface area contributed by atoms with E-state index >= 15 is 0 Å². The predicted molar refractivity (Wildman–Crippen MR) is 76.4 cm³/mol. The van der Waals surface area contributed by atoms with E-state index in [1.54, 1.807) is 0 Å². The normalized spacial score (nSPS) is 30.2. The van der Waals surface area contributed by atoms with Gasteiger partial charge in [0.2, 0.25) is 0 Å². The molecule has 1 aliphatic rings. The molecule has 4 atom stereocenters. The Morgan fingerprint density at radius 2 is 1.94 bits per heavy atom. The maximum atomic E-state index is 3.67. The Hall–Kier alpha value is -0.0800. The van der Waals surface area contributed by atoms with E-state index in [1.165, 1.54) is 32.4 Å². The molecule has 1 aliphatic heterocycles. The molecule has 0 radical (unpaired) electrons. The second kappa shape index (κ2) is 7.38. The fourth-order valence-corrected chi connectivity index (χ4v) is 2.88. The van der Waals surface area contributed by atoms with Crippen LogP contribution in [-0.4, -0.2) is 36.6 Å². The van der Waals surface area contributed by atoms with Crippen LogP contribution >= 0.6 is 0 Å². The molecule has 1 fully saturated rings. The third-order valence-electron chi connectivity index (χ3n) is 4.48. The van der Waals surface area contributed by atoms with E-state index < -0.39 is 0 Å². The Labute approximate surface area is 108 Å². The van der Waals surface area contributed by atoms with Crippen molar-refractivity contribution in [2.24, 2.45) is 11.8 Å². The van der Waals surface area contributed by atoms with Crippen LogP contribution in [0.3, 0.4) is 0 Å². The molecule has 1 rings (SSSR count). The highest BCUT2D eigenvalue weighted by Crippen LogP contribution is 2.22. The number of likely N-dealkylation sites (tertiary alicyclic amines) is 1. The van der Waals surface area contributed by atoms with E-state index in [0.717, 1.165) is 24.4 Å². The number of rotatable bonds is 6. The van der Waals surface area contributed by atoms with Crippen molar-refractivity contribution in [1.82, 2.24) is 10.2 Å². The Bertz CT molecular complexity index is 201. The van der Waals surface area contributed by atoms with Crippen molar-refractivity contribution < 1.29 is 0 Å². The molecule has 0 amide bonds. The Balaban J connectivity index is 2.52. The van der Waals surface area contributed by atoms with E-state index in [-0.39, 0.29) is 0 Å². The molecule has 1 heterocycles. The zero-order chi connectivity index (χ0) is 12.8. The molecule has 102 valence electrons. The van der Waals surface area contributed by atoms with Gasteiger partial charge in [0.05, 0.1) is 0 Å². The smallest absolute Gasteiger partial charge is 0.0220 e. The van der Waals surface area contributed by atoms with Crippen LogP contribution in [0.1, 0.15) is 53.9 Å². The SMILES string of the molecule is CCNC(CN1CC(C)CCC1C)C(C)CC. The minimum absolute atomic E-state index is 0.665. The monoisotopic (exact) mass is 240 g/mol. The molecule has 2 heteroatoms. The summed E-state index contributed by atoms with van der Waals surface area (Å²) in [6, 6.07) is 1.44. The summed E-state index contributed by atoms with van der Waals surface area (Å²) in [7, 11) is 0. The fraction of sp³-hybridized carbons (Fsp3) is 1.00. The van der Waals surface area contributed by atoms with E-state index in [9.17, 15) is 0 Å². The first-order valence-corrected chi connectivity index (χ1v) is 7.55. The van der Waals surface area contributed by atoms with Crippen LogP contribution in [0.2, 0.25) is 0 Å². The molecule has 0 aliphatic carbocycles. The highest BCUT2D eigenvalue weighted by Gasteiger charge is 2.26. The molecule has 0 saturated carbocycles. The highest BCUT2D eigenvalue weighted by atomic mass is 15.2. The molecule has 0 aromatic rings. The Kier molecular flexibility index (Phi) is 6.50. The predicted octanol–water partition coefficient (Wildman–Crippen LogP) is 3.13. The van der Waals surface area contributed by atoms with E-state index in [4.69, 9.17) is 0 Å². The lowest BCUT2D eigenvalue weighted by Crippen LogP contribution is -2.50. The molecule has 0 aromatic carbocycles. The Morgan fingerprint density at radius 3 is 2.53 bits per heavy atom. The highest BCUT2D eigenvalue weighted by molar-refractivity contribution is 4.83. The van der Waals surface area contributed by atoms with Crippen LogP contribution in [0.25, 0.3) is 0 Å². The minimum Gasteiger partial charge on any atom is -0.313 e. The lowest BCUT2D eigenvalue weighted by Gasteiger charge is -2.40. The van der Waals surface area contributed by atoms with Gasteiger partial charge in [0.25, 0.3) is 0 Å². The first kappa shape index (κ1) is 15.0. The zero-order valence-corrected chi connectivity index (χ0v) is 12.5. The summed E-state index contributed by atoms with van der Waals surface area (Å²) in [5.41, 5.74) is 0. The van der Waals surface area contributed by atoms with E-state index in [0.29, 0.717) is 6.04 Å². The van der Waals surface area contributed by atoms with Gasteiger partial charge >= 0.3 is 0 Å². The van der Waals surface area contributed by atoms with Gasteiger partial charge in [0, 0.05) is 25.2 Å². The minimum atomic E-state index is 0.665. The largest absolute Gasteiger partial charge is 0.313 e. The number of likely N-dealkylation sites (N-methyl/N-ethyl adjacent to an activating group) is 1. The number of hydrogen-bond acceptors (Lipinski definition) is 2. The Morgan fingerprint density at radius 1 is 1.24 bits per heavy atom. The van der Waals surface area contributed by atoms with Gasteiger partial charge in [0.1, 0.15) is 0 Å². The molecule has 17 heavy (non-hydrogen) atoms. The maximum Gasteiger partial charge on any atom is 0.0220 e. The quantitative estimate of drug-likeness (QED) is 0.767. The zero-order valence-electron chi connectivity index (χ0n) is 12.5. The van der Waals surface area contributed by atoms with Gasteiger partial charge < -0.3 is 5.32 Å². The molecule has 4 unspecified atom stereocenters. The summed E-state index contributed by atoms with van der Waals surface area (Å²) in [4.78, 5) is 2.70. The van der Waals surface area contributed by atoms with Crippen molar-refractivity contribution >= 4 is 0 Å². The molecule has 0 aromatic heterocycles. The maximum absolute atomic E-state index is 3.67. The van der Waals surface area contributed by atoms with Crippen LogP contribution in [0.5, 0.6) is 0 Å². The van der Waals surface area contributed by atoms with Gasteiger partial charge in [-0.05, 0) is 38.1 Å². The molecule has 0 spiro atoms. The van der Waals surface area contributed by atoms with Crippen molar-refractivity contribution in [3.05, 3.63) is 0 Å². The van der Waals surface area contributed by atoms with Gasteiger partial charge in [-0.15, -0.1) is 0 Å². The molecular weight excluding hydrogens is 208 g/mol. The summed E-state index contributed by atoms with van der Waals surface area (Å²) >= 11 is 0. The summed E-state index contributed by atoms with van der Waals surface area (Å²) in [6.45, 7) is 15.3. The molecule has 2 nitrogen and oxygen atoms in total. The van der Waals surface area contributed by atoms with Gasteiger partial charge in [-0.1, -0.05) is 34.1 Å². The van der Waals surface area contributed by atoms with Crippen LogP contribution in [-0.2, 0) is 0 Å². The van der Waals surface area contributed by atoms with E-state index in [1.807, 2.05) is 0 Å². The second-order valence-corrected chi connectivity index (χ2v) is 6.04. The first-order valence-electron chi connectivity index (χ1n) is 7.55. The van der Waals surface area contributed by atoms with Gasteiger partial charge in [-0.25, -0.2) is 0 Å². The topological polar surface area (TPSA) is 15.3 Å². The number of nitrogens with one attached hydrogen (secondary N) is 1. The number of hydrogen-bond donors (Lipinski definition) is 1. The third-order valence-corrected chi connectivity index (χ3v) is 4.48. The van der Waals surface area contributed by atoms with Crippen LogP contribution in [0.15, 0.2) is 0 Å². The summed E-state index contributed by atoms with van der Waals surface area (Å²) in [5, 5.41) is 3.67. The molecule has 1 N–H and O–H groups in total. The van der Waals surface area contributed by atoms with Crippen molar-refractivity contribution in [2.45, 2.75) is 66.0 Å². The average molecular weight is 240 g/mol. The first-order chi connectivity index (χ1) is 8.08. The summed E-state index contributed by atoms with van der Waals surface area (Å²) in [6.07, 6.45) is 4.06. The van der Waals surface area contributed by atoms with Crippen molar-refractivity contribution in [2.75, 3.05) is 19.6 Å². The summed E-state index contributed by atoms with van der Waals surface area (Å²) < 4.78 is 0. The van der Waals surface area contributed by atoms with Gasteiger partial charge in [-0.3, -0.25) is 4.90 Å². The lowest BCUT2D eigenvalue weighted by atomic mass is 9.92. The molecule has 1 saturated heterocycles. The second-order valence-electron chi connectivity index (χ2n) is 6.04. The van der Waals surface area contributed by atoms with Gasteiger partial charge in [-0.2, -0.15) is 0 Å². The lowest BCUT2D eigenvalue weighted by molar-refractivity contribution is 0.102.